The van der Waals surface area contributed by atoms with Crippen molar-refractivity contribution in [1.82, 2.24) is 14.3 Å². The van der Waals surface area contributed by atoms with Crippen LogP contribution in [0.5, 0.6) is 0 Å². The third kappa shape index (κ3) is 2.86. The molecule has 2 fully saturated rings. The van der Waals surface area contributed by atoms with Gasteiger partial charge in [0.15, 0.2) is 0 Å². The minimum atomic E-state index is -3.27. The van der Waals surface area contributed by atoms with Crippen LogP contribution in [0.25, 0.3) is 10.9 Å². The van der Waals surface area contributed by atoms with Crippen molar-refractivity contribution in [3.8, 4) is 0 Å². The Morgan fingerprint density at radius 2 is 1.75 bits per heavy atom. The molecule has 4 heterocycles. The number of hydrogen-bond acceptors (Lipinski definition) is 5. The summed E-state index contributed by atoms with van der Waals surface area (Å²) in [5.74, 6) is 1.47. The van der Waals surface area contributed by atoms with Crippen molar-refractivity contribution in [1.29, 1.82) is 0 Å². The predicted octanol–water partition coefficient (Wildman–Crippen LogP) is 2.70. The number of benzene rings is 1. The average molecular weight is 395 g/mol. The van der Waals surface area contributed by atoms with Gasteiger partial charge in [-0.1, -0.05) is 30.3 Å². The van der Waals surface area contributed by atoms with Crippen LogP contribution in [0.4, 0.5) is 5.82 Å². The van der Waals surface area contributed by atoms with Gasteiger partial charge in [0, 0.05) is 43.3 Å². The normalized spacial score (nSPS) is 25.3. The molecular weight excluding hydrogens is 372 g/mol. The fourth-order valence-corrected chi connectivity index (χ4v) is 5.98. The molecule has 7 heteroatoms. The molecule has 0 bridgehead atoms. The SMILES string of the molecule is CS(=O)(=O)N1C[C@H]2CN(c3nccc4ncccc34)C[C@H]2[C@@H]1c1ccccc1. The van der Waals surface area contributed by atoms with Crippen molar-refractivity contribution in [3.63, 3.8) is 0 Å². The first-order chi connectivity index (χ1) is 13.5. The molecule has 0 spiro atoms. The number of hydrogen-bond donors (Lipinski definition) is 0. The van der Waals surface area contributed by atoms with E-state index >= 15 is 0 Å². The summed E-state index contributed by atoms with van der Waals surface area (Å²) < 4.78 is 26.6. The van der Waals surface area contributed by atoms with Crippen LogP contribution >= 0.6 is 0 Å². The van der Waals surface area contributed by atoms with Crippen molar-refractivity contribution >= 4 is 26.7 Å². The molecular formula is C21H22N4O2S. The number of anilines is 1. The molecule has 0 amide bonds. The average Bonchev–Trinajstić information content (AvgIpc) is 3.26. The summed E-state index contributed by atoms with van der Waals surface area (Å²) in [4.78, 5) is 11.4. The largest absolute Gasteiger partial charge is 0.355 e. The van der Waals surface area contributed by atoms with E-state index in [1.54, 1.807) is 16.7 Å². The Hall–Kier alpha value is -2.51. The second-order valence-corrected chi connectivity index (χ2v) is 9.66. The summed E-state index contributed by atoms with van der Waals surface area (Å²) in [5.41, 5.74) is 2.00. The Bertz CT molecular complexity index is 1110. The molecule has 144 valence electrons. The maximum absolute atomic E-state index is 12.5. The van der Waals surface area contributed by atoms with Crippen LogP contribution in [-0.4, -0.2) is 48.6 Å². The molecule has 2 saturated heterocycles. The van der Waals surface area contributed by atoms with Gasteiger partial charge in [-0.2, -0.15) is 4.31 Å². The highest BCUT2D eigenvalue weighted by Crippen LogP contribution is 2.47. The van der Waals surface area contributed by atoms with Crippen molar-refractivity contribution < 1.29 is 8.42 Å². The molecule has 0 unspecified atom stereocenters. The van der Waals surface area contributed by atoms with Crippen molar-refractivity contribution in [3.05, 3.63) is 66.5 Å². The van der Waals surface area contributed by atoms with Crippen LogP contribution in [0.2, 0.25) is 0 Å². The lowest BCUT2D eigenvalue weighted by Gasteiger charge is -2.28. The number of aromatic nitrogens is 2. The zero-order valence-electron chi connectivity index (χ0n) is 15.6. The zero-order chi connectivity index (χ0) is 19.3. The molecule has 28 heavy (non-hydrogen) atoms. The van der Waals surface area contributed by atoms with E-state index in [2.05, 4.69) is 20.9 Å². The Labute approximate surface area is 164 Å². The minimum absolute atomic E-state index is 0.126. The van der Waals surface area contributed by atoms with E-state index in [1.165, 1.54) is 6.26 Å². The van der Waals surface area contributed by atoms with Crippen molar-refractivity contribution in [2.75, 3.05) is 30.8 Å². The Balaban J connectivity index is 1.52. The molecule has 0 aliphatic carbocycles. The second kappa shape index (κ2) is 6.53. The van der Waals surface area contributed by atoms with Gasteiger partial charge in [-0.3, -0.25) is 4.98 Å². The lowest BCUT2D eigenvalue weighted by molar-refractivity contribution is 0.352. The van der Waals surface area contributed by atoms with Gasteiger partial charge >= 0.3 is 0 Å². The van der Waals surface area contributed by atoms with Crippen LogP contribution in [0, 0.1) is 11.8 Å². The third-order valence-corrected chi connectivity index (χ3v) is 7.23. The Morgan fingerprint density at radius 1 is 0.929 bits per heavy atom. The van der Waals surface area contributed by atoms with Gasteiger partial charge < -0.3 is 4.90 Å². The monoisotopic (exact) mass is 394 g/mol. The quantitative estimate of drug-likeness (QED) is 0.683. The van der Waals surface area contributed by atoms with Crippen LogP contribution < -0.4 is 4.90 Å². The molecule has 3 atom stereocenters. The van der Waals surface area contributed by atoms with Crippen LogP contribution in [0.15, 0.2) is 60.9 Å². The van der Waals surface area contributed by atoms with Gasteiger partial charge in [-0.05, 0) is 29.7 Å². The third-order valence-electron chi connectivity index (χ3n) is 6.00. The van der Waals surface area contributed by atoms with Gasteiger partial charge in [0.25, 0.3) is 0 Å². The minimum Gasteiger partial charge on any atom is -0.355 e. The molecule has 2 aliphatic heterocycles. The van der Waals surface area contributed by atoms with Gasteiger partial charge in [-0.15, -0.1) is 0 Å². The number of fused-ring (bicyclic) bond motifs is 2. The molecule has 6 nitrogen and oxygen atoms in total. The molecule has 0 radical (unpaired) electrons. The molecule has 0 saturated carbocycles. The Morgan fingerprint density at radius 3 is 2.54 bits per heavy atom. The molecule has 0 N–H and O–H groups in total. The van der Waals surface area contributed by atoms with Gasteiger partial charge in [0.1, 0.15) is 5.82 Å². The summed E-state index contributed by atoms with van der Waals surface area (Å²) >= 11 is 0. The summed E-state index contributed by atoms with van der Waals surface area (Å²) in [7, 11) is -3.27. The molecule has 5 rings (SSSR count). The number of pyridine rings is 2. The van der Waals surface area contributed by atoms with Gasteiger partial charge in [-0.25, -0.2) is 13.4 Å². The summed E-state index contributed by atoms with van der Waals surface area (Å²) in [6.45, 7) is 2.15. The standard InChI is InChI=1S/C21H22N4O2S/c1-28(26,27)25-13-16-12-24(14-18(16)20(25)15-6-3-2-4-7-15)21-17-8-5-10-22-19(17)9-11-23-21/h2-11,16,18,20H,12-14H2,1H3/t16-,18-,20+/m1/s1. The summed E-state index contributed by atoms with van der Waals surface area (Å²) in [5, 5.41) is 1.04. The highest BCUT2D eigenvalue weighted by Gasteiger charge is 2.50. The molecule has 2 aliphatic rings. The van der Waals surface area contributed by atoms with E-state index in [1.807, 2.05) is 42.5 Å². The summed E-state index contributed by atoms with van der Waals surface area (Å²) in [6.07, 6.45) is 4.91. The molecule has 1 aromatic carbocycles. The van der Waals surface area contributed by atoms with Crippen molar-refractivity contribution in [2.45, 2.75) is 6.04 Å². The highest BCUT2D eigenvalue weighted by molar-refractivity contribution is 7.88. The number of nitrogens with zero attached hydrogens (tertiary/aromatic N) is 4. The van der Waals surface area contributed by atoms with E-state index < -0.39 is 10.0 Å². The topological polar surface area (TPSA) is 66.4 Å². The summed E-state index contributed by atoms with van der Waals surface area (Å²) in [6, 6.07) is 15.8. The van der Waals surface area contributed by atoms with E-state index in [4.69, 9.17) is 0 Å². The van der Waals surface area contributed by atoms with Gasteiger partial charge in [0.05, 0.1) is 17.8 Å². The zero-order valence-corrected chi connectivity index (χ0v) is 16.5. The maximum Gasteiger partial charge on any atom is 0.211 e. The maximum atomic E-state index is 12.5. The smallest absolute Gasteiger partial charge is 0.211 e. The van der Waals surface area contributed by atoms with Gasteiger partial charge in [0.2, 0.25) is 10.0 Å². The first-order valence-corrected chi connectivity index (χ1v) is 11.3. The predicted molar refractivity (Wildman–Crippen MR) is 109 cm³/mol. The number of sulfonamides is 1. The van der Waals surface area contributed by atoms with E-state index in [9.17, 15) is 8.42 Å². The molecule has 2 aromatic heterocycles. The van der Waals surface area contributed by atoms with Crippen molar-refractivity contribution in [2.24, 2.45) is 11.8 Å². The lowest BCUT2D eigenvalue weighted by atomic mass is 9.90. The second-order valence-electron chi connectivity index (χ2n) is 7.72. The first kappa shape index (κ1) is 17.6. The number of rotatable bonds is 3. The van der Waals surface area contributed by atoms with Crippen LogP contribution in [-0.2, 0) is 10.0 Å². The highest BCUT2D eigenvalue weighted by atomic mass is 32.2. The van der Waals surface area contributed by atoms with E-state index in [0.29, 0.717) is 6.54 Å². The molecule has 3 aromatic rings. The fraction of sp³-hybridized carbons (Fsp3) is 0.333. The van der Waals surface area contributed by atoms with Crippen LogP contribution in [0.1, 0.15) is 11.6 Å². The lowest BCUT2D eigenvalue weighted by Crippen LogP contribution is -2.35. The van der Waals surface area contributed by atoms with Crippen LogP contribution in [0.3, 0.4) is 0 Å². The Kier molecular flexibility index (Phi) is 4.10. The first-order valence-electron chi connectivity index (χ1n) is 9.49. The fourth-order valence-electron chi connectivity index (χ4n) is 4.82. The van der Waals surface area contributed by atoms with E-state index in [-0.39, 0.29) is 17.9 Å². The van der Waals surface area contributed by atoms with E-state index in [0.717, 1.165) is 35.4 Å².